The molecule has 0 spiro atoms. The van der Waals surface area contributed by atoms with Gasteiger partial charge >= 0.3 is 0 Å². The van der Waals surface area contributed by atoms with Gasteiger partial charge in [0, 0.05) is 24.3 Å². The molecule has 0 aliphatic carbocycles. The Morgan fingerprint density at radius 3 is 3.10 bits per heavy atom. The smallest absolute Gasteiger partial charge is 0.224 e. The molecule has 2 aliphatic rings. The molecule has 0 N–H and O–H groups in total. The maximum Gasteiger partial charge on any atom is 0.224 e. The first-order valence-corrected chi connectivity index (χ1v) is 4.28. The largest absolute Gasteiger partial charge is 0.339 e. The summed E-state index contributed by atoms with van der Waals surface area (Å²) in [5.74, 6) is 0.308. The van der Waals surface area contributed by atoms with Gasteiger partial charge in [-0.15, -0.1) is 0 Å². The molecule has 0 radical (unpaired) electrons. The zero-order chi connectivity index (χ0) is 7.14. The van der Waals surface area contributed by atoms with E-state index in [9.17, 15) is 4.79 Å². The van der Waals surface area contributed by atoms with E-state index in [1.165, 1.54) is 12.8 Å². The van der Waals surface area contributed by atoms with Crippen LogP contribution in [-0.4, -0.2) is 28.6 Å². The molecular weight excluding hydrogens is 146 g/mol. The summed E-state index contributed by atoms with van der Waals surface area (Å²) in [4.78, 5) is 13.1. The van der Waals surface area contributed by atoms with Crippen LogP contribution in [0.5, 0.6) is 0 Å². The Morgan fingerprint density at radius 2 is 2.40 bits per heavy atom. The summed E-state index contributed by atoms with van der Waals surface area (Å²) in [7, 11) is 0. The molecule has 0 saturated carbocycles. The van der Waals surface area contributed by atoms with Crippen molar-refractivity contribution in [1.29, 1.82) is 0 Å². The van der Waals surface area contributed by atoms with E-state index in [1.807, 2.05) is 4.90 Å². The minimum absolute atomic E-state index is 0.308. The van der Waals surface area contributed by atoms with E-state index in [0.717, 1.165) is 6.54 Å². The minimum Gasteiger partial charge on any atom is -0.339 e. The van der Waals surface area contributed by atoms with Gasteiger partial charge in [-0.2, -0.15) is 12.6 Å². The zero-order valence-corrected chi connectivity index (χ0v) is 6.68. The summed E-state index contributed by atoms with van der Waals surface area (Å²) >= 11 is 4.36. The van der Waals surface area contributed by atoms with E-state index in [-0.39, 0.29) is 0 Å². The lowest BCUT2D eigenvalue weighted by molar-refractivity contribution is -0.127. The lowest BCUT2D eigenvalue weighted by Gasteiger charge is -2.15. The van der Waals surface area contributed by atoms with E-state index in [2.05, 4.69) is 12.6 Å². The summed E-state index contributed by atoms with van der Waals surface area (Å²) in [6.07, 6.45) is 3.00. The molecule has 2 saturated heterocycles. The average molecular weight is 157 g/mol. The molecule has 0 aromatic rings. The fourth-order valence-corrected chi connectivity index (χ4v) is 2.40. The zero-order valence-electron chi connectivity index (χ0n) is 5.79. The van der Waals surface area contributed by atoms with E-state index < -0.39 is 0 Å². The third-order valence-corrected chi connectivity index (χ3v) is 2.97. The van der Waals surface area contributed by atoms with Crippen molar-refractivity contribution < 1.29 is 4.79 Å². The molecule has 2 fully saturated rings. The van der Waals surface area contributed by atoms with Gasteiger partial charge in [0.1, 0.15) is 0 Å². The second-order valence-electron chi connectivity index (χ2n) is 3.07. The first-order valence-electron chi connectivity index (χ1n) is 3.76. The van der Waals surface area contributed by atoms with Gasteiger partial charge in [0.05, 0.1) is 0 Å². The maximum absolute atomic E-state index is 11.1. The van der Waals surface area contributed by atoms with Crippen molar-refractivity contribution in [3.8, 4) is 0 Å². The van der Waals surface area contributed by atoms with Crippen LogP contribution in [0, 0.1) is 0 Å². The Morgan fingerprint density at radius 1 is 1.60 bits per heavy atom. The molecular formula is C7H11NOS. The molecule has 2 atom stereocenters. The lowest BCUT2D eigenvalue weighted by atomic mass is 10.1. The molecule has 2 aliphatic heterocycles. The third kappa shape index (κ3) is 0.764. The van der Waals surface area contributed by atoms with Crippen molar-refractivity contribution in [1.82, 2.24) is 4.90 Å². The standard InChI is InChI=1S/C7H11NOS/c9-7-4-6(10)5-2-1-3-8(5)7/h5-6,10H,1-4H2. The first kappa shape index (κ1) is 6.53. The van der Waals surface area contributed by atoms with E-state index in [4.69, 9.17) is 0 Å². The first-order chi connectivity index (χ1) is 4.79. The van der Waals surface area contributed by atoms with Crippen LogP contribution in [0.1, 0.15) is 19.3 Å². The number of carbonyl (C=O) groups excluding carboxylic acids is 1. The van der Waals surface area contributed by atoms with Crippen LogP contribution in [0.25, 0.3) is 0 Å². The SMILES string of the molecule is O=C1CC(S)C2CCCN12. The number of hydrogen-bond donors (Lipinski definition) is 1. The molecule has 2 unspecified atom stereocenters. The molecule has 56 valence electrons. The Kier molecular flexibility index (Phi) is 1.41. The van der Waals surface area contributed by atoms with Crippen LogP contribution < -0.4 is 0 Å². The van der Waals surface area contributed by atoms with Crippen LogP contribution in [0.4, 0.5) is 0 Å². The third-order valence-electron chi connectivity index (χ3n) is 2.45. The second-order valence-corrected chi connectivity index (χ2v) is 3.73. The van der Waals surface area contributed by atoms with Gasteiger partial charge in [-0.25, -0.2) is 0 Å². The summed E-state index contributed by atoms with van der Waals surface area (Å²) < 4.78 is 0. The highest BCUT2D eigenvalue weighted by Crippen LogP contribution is 2.31. The molecule has 2 rings (SSSR count). The number of carbonyl (C=O) groups is 1. The van der Waals surface area contributed by atoms with Gasteiger partial charge in [0.15, 0.2) is 0 Å². The molecule has 1 amide bonds. The molecule has 0 bridgehead atoms. The quantitative estimate of drug-likeness (QED) is 0.513. The molecule has 2 nitrogen and oxygen atoms in total. The summed E-state index contributed by atoms with van der Waals surface area (Å²) in [6, 6.07) is 0.468. The molecule has 10 heavy (non-hydrogen) atoms. The lowest BCUT2D eigenvalue weighted by Crippen LogP contribution is -2.29. The Hall–Kier alpha value is -0.180. The normalized spacial score (nSPS) is 38.9. The fraction of sp³-hybridized carbons (Fsp3) is 0.857. The molecule has 0 aromatic carbocycles. The van der Waals surface area contributed by atoms with Crippen molar-refractivity contribution in [3.63, 3.8) is 0 Å². The number of thiol groups is 1. The van der Waals surface area contributed by atoms with Crippen molar-refractivity contribution in [2.75, 3.05) is 6.54 Å². The predicted octanol–water partition coefficient (Wildman–Crippen LogP) is 0.679. The number of amides is 1. The Bertz CT molecular complexity index is 171. The number of rotatable bonds is 0. The van der Waals surface area contributed by atoms with Crippen molar-refractivity contribution in [3.05, 3.63) is 0 Å². The number of fused-ring (bicyclic) bond motifs is 1. The van der Waals surface area contributed by atoms with Gasteiger partial charge < -0.3 is 4.90 Å². The number of hydrogen-bond acceptors (Lipinski definition) is 2. The van der Waals surface area contributed by atoms with Gasteiger partial charge in [-0.1, -0.05) is 0 Å². The van der Waals surface area contributed by atoms with Crippen molar-refractivity contribution in [2.45, 2.75) is 30.6 Å². The fourth-order valence-electron chi connectivity index (χ4n) is 1.93. The van der Waals surface area contributed by atoms with Crippen LogP contribution >= 0.6 is 12.6 Å². The summed E-state index contributed by atoms with van der Waals surface area (Å²) in [5.41, 5.74) is 0. The average Bonchev–Trinajstić information content (AvgIpc) is 2.39. The van der Waals surface area contributed by atoms with Gasteiger partial charge in [-0.05, 0) is 12.8 Å². The van der Waals surface area contributed by atoms with Crippen LogP contribution in [-0.2, 0) is 4.79 Å². The summed E-state index contributed by atoms with van der Waals surface area (Å²) in [6.45, 7) is 0.973. The van der Waals surface area contributed by atoms with Gasteiger partial charge in [0.2, 0.25) is 5.91 Å². The second kappa shape index (κ2) is 2.16. The van der Waals surface area contributed by atoms with E-state index in [1.54, 1.807) is 0 Å². The highest BCUT2D eigenvalue weighted by Gasteiger charge is 2.40. The van der Waals surface area contributed by atoms with E-state index >= 15 is 0 Å². The van der Waals surface area contributed by atoms with Gasteiger partial charge in [-0.3, -0.25) is 4.79 Å². The molecule has 0 aromatic heterocycles. The Labute approximate surface area is 66.0 Å². The predicted molar refractivity (Wildman–Crippen MR) is 42.1 cm³/mol. The maximum atomic E-state index is 11.1. The minimum atomic E-state index is 0.308. The topological polar surface area (TPSA) is 20.3 Å². The Balaban J connectivity index is 2.19. The monoisotopic (exact) mass is 157 g/mol. The van der Waals surface area contributed by atoms with Crippen molar-refractivity contribution in [2.24, 2.45) is 0 Å². The summed E-state index contributed by atoms with van der Waals surface area (Å²) in [5, 5.41) is 0.315. The van der Waals surface area contributed by atoms with E-state index in [0.29, 0.717) is 23.6 Å². The molecule has 2 heterocycles. The van der Waals surface area contributed by atoms with Crippen LogP contribution in [0.3, 0.4) is 0 Å². The number of nitrogens with zero attached hydrogens (tertiary/aromatic N) is 1. The highest BCUT2D eigenvalue weighted by molar-refractivity contribution is 7.81. The molecule has 3 heteroatoms. The highest BCUT2D eigenvalue weighted by atomic mass is 32.1. The van der Waals surface area contributed by atoms with Gasteiger partial charge in [0.25, 0.3) is 0 Å². The van der Waals surface area contributed by atoms with Crippen molar-refractivity contribution >= 4 is 18.5 Å². The van der Waals surface area contributed by atoms with Crippen LogP contribution in [0.15, 0.2) is 0 Å². The van der Waals surface area contributed by atoms with Crippen LogP contribution in [0.2, 0.25) is 0 Å².